The van der Waals surface area contributed by atoms with E-state index in [1.165, 1.54) is 17.1 Å². The fourth-order valence-electron chi connectivity index (χ4n) is 1.95. The Morgan fingerprint density at radius 1 is 1.37 bits per heavy atom. The van der Waals surface area contributed by atoms with Gasteiger partial charge in [0.2, 0.25) is 0 Å². The molecule has 0 bridgehead atoms. The molecule has 0 radical (unpaired) electrons. The first-order chi connectivity index (χ1) is 8.82. The summed E-state index contributed by atoms with van der Waals surface area (Å²) in [4.78, 5) is 7.04. The zero-order chi connectivity index (χ0) is 14.5. The van der Waals surface area contributed by atoms with Gasteiger partial charge in [-0.3, -0.25) is 0 Å². The van der Waals surface area contributed by atoms with Crippen molar-refractivity contribution in [2.24, 2.45) is 0 Å². The molecule has 1 N–H and O–H groups in total. The second kappa shape index (κ2) is 7.36. The third kappa shape index (κ3) is 6.02. The van der Waals surface area contributed by atoms with Crippen molar-refractivity contribution in [3.63, 3.8) is 0 Å². The van der Waals surface area contributed by atoms with Crippen molar-refractivity contribution >= 4 is 11.3 Å². The minimum absolute atomic E-state index is 0.155. The van der Waals surface area contributed by atoms with Gasteiger partial charge in [-0.25, -0.2) is 4.98 Å². The maximum absolute atomic E-state index is 4.80. The molecule has 1 heterocycles. The molecule has 3 nitrogen and oxygen atoms in total. The Morgan fingerprint density at radius 2 is 2.05 bits per heavy atom. The summed E-state index contributed by atoms with van der Waals surface area (Å²) in [5.41, 5.74) is 1.37. The molecule has 0 saturated carbocycles. The minimum atomic E-state index is 0.155. The molecule has 0 aliphatic rings. The molecule has 1 rings (SSSR count). The zero-order valence-electron chi connectivity index (χ0n) is 13.3. The largest absolute Gasteiger partial charge is 0.312 e. The van der Waals surface area contributed by atoms with E-state index in [4.69, 9.17) is 4.98 Å². The van der Waals surface area contributed by atoms with E-state index in [1.807, 2.05) is 0 Å². The van der Waals surface area contributed by atoms with Crippen LogP contribution in [0, 0.1) is 0 Å². The highest BCUT2D eigenvalue weighted by Crippen LogP contribution is 2.24. The van der Waals surface area contributed by atoms with Gasteiger partial charge in [-0.1, -0.05) is 27.7 Å². The van der Waals surface area contributed by atoms with Crippen LogP contribution in [0.3, 0.4) is 0 Å². The summed E-state index contributed by atoms with van der Waals surface area (Å²) >= 11 is 1.80. The van der Waals surface area contributed by atoms with Crippen LogP contribution in [-0.4, -0.2) is 43.1 Å². The van der Waals surface area contributed by atoms with Crippen LogP contribution in [-0.2, 0) is 11.8 Å². The van der Waals surface area contributed by atoms with Crippen molar-refractivity contribution in [1.82, 2.24) is 15.2 Å². The van der Waals surface area contributed by atoms with Crippen molar-refractivity contribution in [1.29, 1.82) is 0 Å². The molecule has 0 amide bonds. The third-order valence-electron chi connectivity index (χ3n) is 3.01. The fourth-order valence-corrected chi connectivity index (χ4v) is 3.05. The molecule has 110 valence electrons. The van der Waals surface area contributed by atoms with Crippen molar-refractivity contribution < 1.29 is 0 Å². The summed E-state index contributed by atoms with van der Waals surface area (Å²) in [6.45, 7) is 11.0. The highest BCUT2D eigenvalue weighted by atomic mass is 32.1. The summed E-state index contributed by atoms with van der Waals surface area (Å²) in [5.74, 6) is 0. The van der Waals surface area contributed by atoms with E-state index in [-0.39, 0.29) is 5.41 Å². The Kier molecular flexibility index (Phi) is 6.43. The molecule has 0 aliphatic heterocycles. The molecule has 0 saturated heterocycles. The topological polar surface area (TPSA) is 28.2 Å². The predicted octanol–water partition coefficient (Wildman–Crippen LogP) is 2.91. The van der Waals surface area contributed by atoms with Crippen molar-refractivity contribution in [2.75, 3.05) is 27.2 Å². The number of rotatable bonds is 7. The quantitative estimate of drug-likeness (QED) is 0.834. The van der Waals surface area contributed by atoms with Gasteiger partial charge in [0.15, 0.2) is 0 Å². The number of hydrogen-bond donors (Lipinski definition) is 1. The smallest absolute Gasteiger partial charge is 0.0944 e. The number of thiazole rings is 1. The Labute approximate surface area is 122 Å². The Hall–Kier alpha value is -0.450. The molecule has 0 fully saturated rings. The Morgan fingerprint density at radius 3 is 2.53 bits per heavy atom. The molecule has 1 unspecified atom stereocenters. The van der Waals surface area contributed by atoms with Crippen molar-refractivity contribution in [3.05, 3.63) is 16.1 Å². The molecular formula is C15H29N3S. The third-order valence-corrected chi connectivity index (χ3v) is 3.88. The minimum Gasteiger partial charge on any atom is -0.312 e. The van der Waals surface area contributed by atoms with Crippen molar-refractivity contribution in [3.8, 4) is 0 Å². The lowest BCUT2D eigenvalue weighted by atomic mass is 9.93. The second-order valence-electron chi connectivity index (χ2n) is 6.49. The normalized spacial score (nSPS) is 14.1. The van der Waals surface area contributed by atoms with E-state index in [2.05, 4.69) is 57.4 Å². The van der Waals surface area contributed by atoms with Crippen LogP contribution in [0.5, 0.6) is 0 Å². The second-order valence-corrected chi connectivity index (χ2v) is 7.44. The number of nitrogens with one attached hydrogen (secondary N) is 1. The number of hydrogen-bond acceptors (Lipinski definition) is 4. The van der Waals surface area contributed by atoms with E-state index in [9.17, 15) is 0 Å². The molecule has 0 aromatic carbocycles. The van der Waals surface area contributed by atoms with Gasteiger partial charge in [0.25, 0.3) is 0 Å². The summed E-state index contributed by atoms with van der Waals surface area (Å²) in [5, 5.41) is 7.08. The van der Waals surface area contributed by atoms with E-state index < -0.39 is 0 Å². The molecule has 0 spiro atoms. The summed E-state index contributed by atoms with van der Waals surface area (Å²) in [7, 11) is 4.26. The van der Waals surface area contributed by atoms with Crippen molar-refractivity contribution in [2.45, 2.75) is 52.0 Å². The van der Waals surface area contributed by atoms with E-state index in [1.54, 1.807) is 11.3 Å². The van der Waals surface area contributed by atoms with Crippen LogP contribution in [0.2, 0.25) is 0 Å². The number of likely N-dealkylation sites (N-methyl/N-ethyl adjacent to an activating group) is 1. The zero-order valence-corrected chi connectivity index (χ0v) is 14.1. The van der Waals surface area contributed by atoms with Crippen LogP contribution in [0.15, 0.2) is 5.38 Å². The van der Waals surface area contributed by atoms with Crippen LogP contribution < -0.4 is 5.32 Å². The van der Waals surface area contributed by atoms with Gasteiger partial charge in [0.1, 0.15) is 0 Å². The first-order valence-electron chi connectivity index (χ1n) is 7.16. The fraction of sp³-hybridized carbons (Fsp3) is 0.800. The van der Waals surface area contributed by atoms with Gasteiger partial charge in [-0.2, -0.15) is 0 Å². The van der Waals surface area contributed by atoms with Gasteiger partial charge in [0, 0.05) is 29.8 Å². The first kappa shape index (κ1) is 16.6. The van der Waals surface area contributed by atoms with Crippen LogP contribution >= 0.6 is 11.3 Å². The summed E-state index contributed by atoms with van der Waals surface area (Å²) in [6, 6.07) is 0.494. The predicted molar refractivity (Wildman–Crippen MR) is 85.2 cm³/mol. The monoisotopic (exact) mass is 283 g/mol. The molecule has 1 atom stereocenters. The van der Waals surface area contributed by atoms with Crippen LogP contribution in [0.1, 0.15) is 44.8 Å². The van der Waals surface area contributed by atoms with E-state index in [0.29, 0.717) is 6.04 Å². The maximum Gasteiger partial charge on any atom is 0.0944 e. The van der Waals surface area contributed by atoms with Crippen LogP contribution in [0.25, 0.3) is 0 Å². The average molecular weight is 283 g/mol. The first-order valence-corrected chi connectivity index (χ1v) is 8.04. The lowest BCUT2D eigenvalue weighted by molar-refractivity contribution is 0.335. The van der Waals surface area contributed by atoms with Crippen LogP contribution in [0.4, 0.5) is 0 Å². The molecule has 19 heavy (non-hydrogen) atoms. The summed E-state index contributed by atoms with van der Waals surface area (Å²) < 4.78 is 0. The van der Waals surface area contributed by atoms with E-state index in [0.717, 1.165) is 19.5 Å². The molecule has 1 aromatic heterocycles. The molecular weight excluding hydrogens is 254 g/mol. The highest BCUT2D eigenvalue weighted by Gasteiger charge is 2.19. The molecule has 0 aliphatic carbocycles. The lowest BCUT2D eigenvalue weighted by Gasteiger charge is -2.21. The van der Waals surface area contributed by atoms with Gasteiger partial charge in [0.05, 0.1) is 10.7 Å². The lowest BCUT2D eigenvalue weighted by Crippen LogP contribution is -2.40. The maximum atomic E-state index is 4.80. The van der Waals surface area contributed by atoms with Gasteiger partial charge >= 0.3 is 0 Å². The molecule has 1 aromatic rings. The van der Waals surface area contributed by atoms with Gasteiger partial charge in [-0.05, 0) is 27.1 Å². The van der Waals surface area contributed by atoms with E-state index >= 15 is 0 Å². The standard InChI is InChI=1S/C15H29N3S/c1-7-8-16-12(10-18(5)6)9-14-17-13(11-19-14)15(2,3)4/h11-12,16H,7-10H2,1-6H3. The van der Waals surface area contributed by atoms with Gasteiger partial charge < -0.3 is 10.2 Å². The number of aromatic nitrogens is 1. The SMILES string of the molecule is CCCNC(Cc1nc(C(C)(C)C)cs1)CN(C)C. The highest BCUT2D eigenvalue weighted by molar-refractivity contribution is 7.09. The average Bonchev–Trinajstić information content (AvgIpc) is 2.73. The number of nitrogens with zero attached hydrogens (tertiary/aromatic N) is 2. The van der Waals surface area contributed by atoms with Gasteiger partial charge in [-0.15, -0.1) is 11.3 Å². The Balaban J connectivity index is 2.64. The Bertz CT molecular complexity index is 366. The summed E-state index contributed by atoms with van der Waals surface area (Å²) in [6.07, 6.45) is 2.20. The molecule has 4 heteroatoms.